The monoisotopic (exact) mass is 282 g/mol. The summed E-state index contributed by atoms with van der Waals surface area (Å²) in [5.74, 6) is -0.425. The largest absolute Gasteiger partial charge is 0.390 e. The average Bonchev–Trinajstić information content (AvgIpc) is 2.80. The highest BCUT2D eigenvalue weighted by Crippen LogP contribution is 2.14. The molecule has 0 spiro atoms. The number of aromatic nitrogens is 2. The summed E-state index contributed by atoms with van der Waals surface area (Å²) >= 11 is 0. The summed E-state index contributed by atoms with van der Waals surface area (Å²) in [6.07, 6.45) is 0. The van der Waals surface area contributed by atoms with Crippen LogP contribution >= 0.6 is 0 Å². The normalized spacial score (nSPS) is 17.0. The van der Waals surface area contributed by atoms with Gasteiger partial charge in [0.2, 0.25) is 5.91 Å². The number of carbonyl (C=O) groups excluding carboxylic acids is 1. The molecule has 1 amide bonds. The molecule has 0 aromatic carbocycles. The highest BCUT2D eigenvalue weighted by molar-refractivity contribution is 5.78. The van der Waals surface area contributed by atoms with Gasteiger partial charge in [-0.15, -0.1) is 0 Å². The lowest BCUT2D eigenvalue weighted by atomic mass is 10.1. The van der Waals surface area contributed by atoms with Gasteiger partial charge in [0, 0.05) is 13.1 Å². The molecule has 0 N–H and O–H groups in total. The number of ether oxygens (including phenoxy) is 1. The number of hydrogen-bond donors (Lipinski definition) is 0. The first-order valence-corrected chi connectivity index (χ1v) is 6.54. The molecule has 110 valence electrons. The van der Waals surface area contributed by atoms with Crippen molar-refractivity contribution in [2.45, 2.75) is 20.4 Å². The van der Waals surface area contributed by atoms with Gasteiger partial charge in [-0.1, -0.05) is 6.92 Å². The van der Waals surface area contributed by atoms with Crippen LogP contribution < -0.4 is 0 Å². The quantitative estimate of drug-likeness (QED) is 0.595. The molecule has 1 aliphatic rings. The standard InChI is InChI=1S/C12H18N4O4/c1-9(12(17)14-3-5-20-6-4-14)8-15-10(2)7-11(13-15)16(18)19/h7,9H,3-6,8H2,1-2H3/t9-/m0/s1. The summed E-state index contributed by atoms with van der Waals surface area (Å²) < 4.78 is 6.73. The summed E-state index contributed by atoms with van der Waals surface area (Å²) in [6.45, 7) is 6.21. The maximum absolute atomic E-state index is 12.2. The Labute approximate surface area is 116 Å². The van der Waals surface area contributed by atoms with Gasteiger partial charge in [0.1, 0.15) is 0 Å². The summed E-state index contributed by atoms with van der Waals surface area (Å²) in [7, 11) is 0. The van der Waals surface area contributed by atoms with E-state index in [1.807, 2.05) is 6.92 Å². The molecule has 0 radical (unpaired) electrons. The lowest BCUT2D eigenvalue weighted by Crippen LogP contribution is -2.44. The maximum Gasteiger partial charge on any atom is 0.390 e. The van der Waals surface area contributed by atoms with Crippen LogP contribution in [0.15, 0.2) is 6.07 Å². The van der Waals surface area contributed by atoms with Crippen molar-refractivity contribution >= 4 is 11.7 Å². The van der Waals surface area contributed by atoms with E-state index in [0.717, 1.165) is 0 Å². The zero-order valence-electron chi connectivity index (χ0n) is 11.6. The molecule has 1 saturated heterocycles. The summed E-state index contributed by atoms with van der Waals surface area (Å²) in [5, 5.41) is 14.6. The van der Waals surface area contributed by atoms with Crippen LogP contribution in [0.5, 0.6) is 0 Å². The van der Waals surface area contributed by atoms with E-state index in [1.54, 1.807) is 11.8 Å². The van der Waals surface area contributed by atoms with Crippen molar-refractivity contribution in [2.75, 3.05) is 26.3 Å². The SMILES string of the molecule is Cc1cc([N+](=O)[O-])nn1C[C@H](C)C(=O)N1CCOCC1. The maximum atomic E-state index is 12.2. The predicted molar refractivity (Wildman–Crippen MR) is 70.2 cm³/mol. The van der Waals surface area contributed by atoms with E-state index in [9.17, 15) is 14.9 Å². The molecular weight excluding hydrogens is 264 g/mol. The number of amides is 1. The second-order valence-electron chi connectivity index (χ2n) is 4.92. The Kier molecular flexibility index (Phi) is 4.33. The van der Waals surface area contributed by atoms with Crippen LogP contribution in [0.2, 0.25) is 0 Å². The van der Waals surface area contributed by atoms with Crippen LogP contribution in [0.1, 0.15) is 12.6 Å². The third-order valence-electron chi connectivity index (χ3n) is 3.35. The van der Waals surface area contributed by atoms with Crippen molar-refractivity contribution in [2.24, 2.45) is 5.92 Å². The van der Waals surface area contributed by atoms with Gasteiger partial charge in [-0.25, -0.2) is 0 Å². The predicted octanol–water partition coefficient (Wildman–Crippen LogP) is 0.595. The topological polar surface area (TPSA) is 90.5 Å². The minimum atomic E-state index is -0.530. The molecule has 8 nitrogen and oxygen atoms in total. The van der Waals surface area contributed by atoms with Gasteiger partial charge in [0.05, 0.1) is 42.5 Å². The van der Waals surface area contributed by atoms with Gasteiger partial charge in [0.15, 0.2) is 0 Å². The van der Waals surface area contributed by atoms with Crippen molar-refractivity contribution in [1.29, 1.82) is 0 Å². The average molecular weight is 282 g/mol. The van der Waals surface area contributed by atoms with E-state index in [1.165, 1.54) is 10.7 Å². The molecule has 20 heavy (non-hydrogen) atoms. The van der Waals surface area contributed by atoms with Crippen molar-refractivity contribution in [3.63, 3.8) is 0 Å². The fraction of sp³-hybridized carbons (Fsp3) is 0.667. The van der Waals surface area contributed by atoms with Crippen LogP contribution in [0.3, 0.4) is 0 Å². The summed E-state index contributed by atoms with van der Waals surface area (Å²) in [4.78, 5) is 24.2. The van der Waals surface area contributed by atoms with Crippen molar-refractivity contribution < 1.29 is 14.5 Å². The Hall–Kier alpha value is -1.96. The second kappa shape index (κ2) is 6.00. The zero-order valence-corrected chi connectivity index (χ0v) is 11.6. The first kappa shape index (κ1) is 14.4. The zero-order chi connectivity index (χ0) is 14.7. The lowest BCUT2D eigenvalue weighted by molar-refractivity contribution is -0.389. The van der Waals surface area contributed by atoms with Crippen LogP contribution in [0.25, 0.3) is 0 Å². The number of nitro groups is 1. The number of morpholine rings is 1. The van der Waals surface area contributed by atoms with Crippen molar-refractivity contribution in [3.8, 4) is 0 Å². The number of aryl methyl sites for hydroxylation is 1. The van der Waals surface area contributed by atoms with E-state index in [4.69, 9.17) is 4.74 Å². The van der Waals surface area contributed by atoms with Gasteiger partial charge in [-0.2, -0.15) is 4.68 Å². The van der Waals surface area contributed by atoms with Crippen molar-refractivity contribution in [3.05, 3.63) is 21.9 Å². The molecule has 0 bridgehead atoms. The number of carbonyl (C=O) groups is 1. The van der Waals surface area contributed by atoms with Gasteiger partial charge >= 0.3 is 5.82 Å². The van der Waals surface area contributed by atoms with Crippen LogP contribution in [-0.2, 0) is 16.1 Å². The molecular formula is C12H18N4O4. The smallest absolute Gasteiger partial charge is 0.378 e. The molecule has 8 heteroatoms. The van der Waals surface area contributed by atoms with Gasteiger partial charge in [0.25, 0.3) is 0 Å². The first-order chi connectivity index (χ1) is 9.49. The lowest BCUT2D eigenvalue weighted by Gasteiger charge is -2.29. The van der Waals surface area contributed by atoms with E-state index >= 15 is 0 Å². The second-order valence-corrected chi connectivity index (χ2v) is 4.92. The Morgan fingerprint density at radius 2 is 2.20 bits per heavy atom. The number of nitrogens with zero attached hydrogens (tertiary/aromatic N) is 4. The molecule has 1 aliphatic heterocycles. The highest BCUT2D eigenvalue weighted by atomic mass is 16.6. The Morgan fingerprint density at radius 3 is 2.75 bits per heavy atom. The summed E-state index contributed by atoms with van der Waals surface area (Å²) in [6, 6.07) is 1.41. The minimum absolute atomic E-state index is 0.0332. The molecule has 1 atom stereocenters. The Bertz CT molecular complexity index is 508. The minimum Gasteiger partial charge on any atom is -0.378 e. The third-order valence-corrected chi connectivity index (χ3v) is 3.35. The Balaban J connectivity index is 2.01. The van der Waals surface area contributed by atoms with Crippen LogP contribution in [-0.4, -0.2) is 51.8 Å². The number of rotatable bonds is 4. The molecule has 0 aliphatic carbocycles. The fourth-order valence-corrected chi connectivity index (χ4v) is 2.20. The van der Waals surface area contributed by atoms with Crippen LogP contribution in [0.4, 0.5) is 5.82 Å². The van der Waals surface area contributed by atoms with E-state index in [2.05, 4.69) is 5.10 Å². The summed E-state index contributed by atoms with van der Waals surface area (Å²) in [5.41, 5.74) is 0.679. The molecule has 1 fully saturated rings. The molecule has 1 aromatic rings. The third kappa shape index (κ3) is 3.13. The first-order valence-electron chi connectivity index (χ1n) is 6.54. The Morgan fingerprint density at radius 1 is 1.55 bits per heavy atom. The van der Waals surface area contributed by atoms with Gasteiger partial charge in [-0.05, 0) is 11.8 Å². The molecule has 1 aromatic heterocycles. The van der Waals surface area contributed by atoms with Crippen molar-refractivity contribution in [1.82, 2.24) is 14.7 Å². The fourth-order valence-electron chi connectivity index (χ4n) is 2.20. The van der Waals surface area contributed by atoms with E-state index < -0.39 is 4.92 Å². The number of hydrogen-bond acceptors (Lipinski definition) is 5. The van der Waals surface area contributed by atoms with E-state index in [-0.39, 0.29) is 17.6 Å². The molecule has 0 unspecified atom stereocenters. The highest BCUT2D eigenvalue weighted by Gasteiger charge is 2.25. The molecule has 2 rings (SSSR count). The van der Waals surface area contributed by atoms with Crippen LogP contribution in [0, 0.1) is 23.0 Å². The van der Waals surface area contributed by atoms with Gasteiger partial charge in [-0.3, -0.25) is 4.79 Å². The van der Waals surface area contributed by atoms with E-state index in [0.29, 0.717) is 38.5 Å². The molecule has 2 heterocycles. The van der Waals surface area contributed by atoms with Gasteiger partial charge < -0.3 is 19.8 Å². The molecule has 0 saturated carbocycles.